The van der Waals surface area contributed by atoms with E-state index in [0.717, 1.165) is 19.3 Å². The van der Waals surface area contributed by atoms with Gasteiger partial charge in [0.15, 0.2) is 0 Å². The van der Waals surface area contributed by atoms with Crippen molar-refractivity contribution in [2.45, 2.75) is 40.0 Å². The molecule has 11 heavy (non-hydrogen) atoms. The van der Waals surface area contributed by atoms with Gasteiger partial charge in [-0.1, -0.05) is 25.5 Å². The fourth-order valence-corrected chi connectivity index (χ4v) is 1.30. The van der Waals surface area contributed by atoms with Crippen LogP contribution in [0.3, 0.4) is 0 Å². The Labute approximate surface area is 70.1 Å². The maximum atomic E-state index is 8.66. The molecule has 0 bridgehead atoms. The Balaban J connectivity index is 3.56. The van der Waals surface area contributed by atoms with Crippen molar-refractivity contribution >= 4 is 0 Å². The average molecular weight is 156 g/mol. The number of allylic oxidation sites excluding steroid dienone is 2. The normalized spacial score (nSPS) is 15.1. The summed E-state index contributed by atoms with van der Waals surface area (Å²) in [4.78, 5) is 0. The molecular weight excluding hydrogens is 136 g/mol. The van der Waals surface area contributed by atoms with Crippen LogP contribution >= 0.6 is 0 Å². The molecule has 1 heteroatoms. The first-order valence-corrected chi connectivity index (χ1v) is 4.47. The number of aliphatic hydroxyl groups excluding tert-OH is 1. The number of rotatable bonds is 5. The van der Waals surface area contributed by atoms with Crippen molar-refractivity contribution < 1.29 is 5.11 Å². The van der Waals surface area contributed by atoms with E-state index in [1.165, 1.54) is 5.57 Å². The summed E-state index contributed by atoms with van der Waals surface area (Å²) in [6.07, 6.45) is 5.44. The van der Waals surface area contributed by atoms with E-state index in [2.05, 4.69) is 26.8 Å². The van der Waals surface area contributed by atoms with Crippen LogP contribution in [0.4, 0.5) is 0 Å². The zero-order valence-corrected chi connectivity index (χ0v) is 7.93. The molecule has 0 saturated carbocycles. The van der Waals surface area contributed by atoms with E-state index in [4.69, 9.17) is 5.11 Å². The summed E-state index contributed by atoms with van der Waals surface area (Å²) in [5.74, 6) is 0.628. The van der Waals surface area contributed by atoms with Crippen molar-refractivity contribution in [1.29, 1.82) is 0 Å². The molecule has 0 aliphatic carbocycles. The fraction of sp³-hybridized carbons (Fsp3) is 0.800. The quantitative estimate of drug-likeness (QED) is 0.607. The molecule has 0 aromatic rings. The van der Waals surface area contributed by atoms with Gasteiger partial charge in [-0.15, -0.1) is 0 Å². The smallest absolute Gasteiger partial charge is 0.0433 e. The zero-order valence-electron chi connectivity index (χ0n) is 7.93. The maximum absolute atomic E-state index is 8.66. The van der Waals surface area contributed by atoms with E-state index in [0.29, 0.717) is 12.5 Å². The largest absolute Gasteiger partial charge is 0.396 e. The van der Waals surface area contributed by atoms with Crippen LogP contribution in [-0.2, 0) is 0 Å². The van der Waals surface area contributed by atoms with Crippen molar-refractivity contribution in [3.63, 3.8) is 0 Å². The van der Waals surface area contributed by atoms with Gasteiger partial charge >= 0.3 is 0 Å². The predicted octanol–water partition coefficient (Wildman–Crippen LogP) is 2.75. The molecular formula is C10H20O. The molecule has 1 nitrogen and oxygen atoms in total. The van der Waals surface area contributed by atoms with E-state index in [9.17, 15) is 0 Å². The molecule has 0 heterocycles. The van der Waals surface area contributed by atoms with E-state index in [1.807, 2.05) is 0 Å². The molecule has 0 spiro atoms. The highest BCUT2D eigenvalue weighted by atomic mass is 16.2. The Morgan fingerprint density at radius 2 is 2.18 bits per heavy atom. The Morgan fingerprint density at radius 3 is 2.64 bits per heavy atom. The third-order valence-electron chi connectivity index (χ3n) is 1.84. The lowest BCUT2D eigenvalue weighted by Crippen LogP contribution is -1.98. The van der Waals surface area contributed by atoms with Crippen molar-refractivity contribution in [2.75, 3.05) is 6.61 Å². The molecule has 0 aromatic carbocycles. The Bertz CT molecular complexity index is 116. The molecule has 0 radical (unpaired) electrons. The number of hydrogen-bond acceptors (Lipinski definition) is 1. The Hall–Kier alpha value is -0.300. The van der Waals surface area contributed by atoms with Gasteiger partial charge in [0.05, 0.1) is 0 Å². The first-order valence-electron chi connectivity index (χ1n) is 4.47. The molecule has 0 fully saturated rings. The predicted molar refractivity (Wildman–Crippen MR) is 49.5 cm³/mol. The van der Waals surface area contributed by atoms with Crippen LogP contribution in [0.15, 0.2) is 11.6 Å². The number of aliphatic hydroxyl groups is 1. The van der Waals surface area contributed by atoms with E-state index < -0.39 is 0 Å². The monoisotopic (exact) mass is 156 g/mol. The molecule has 0 saturated heterocycles. The van der Waals surface area contributed by atoms with Crippen LogP contribution in [0.1, 0.15) is 40.0 Å². The zero-order chi connectivity index (χ0) is 8.69. The van der Waals surface area contributed by atoms with Crippen molar-refractivity contribution in [2.24, 2.45) is 5.92 Å². The topological polar surface area (TPSA) is 20.2 Å². The summed E-state index contributed by atoms with van der Waals surface area (Å²) in [5, 5.41) is 8.66. The molecule has 0 aliphatic heterocycles. The molecule has 1 atom stereocenters. The first kappa shape index (κ1) is 10.7. The second-order valence-electron chi connectivity index (χ2n) is 3.28. The number of hydrogen-bond donors (Lipinski definition) is 1. The standard InChI is InChI=1S/C10H20O/c1-4-5-9(2)8-10(3)6-7-11/h5,10-11H,4,6-8H2,1-3H3/b9-5-/t10-/m1/s1. The molecule has 0 amide bonds. The van der Waals surface area contributed by atoms with Gasteiger partial charge in [-0.3, -0.25) is 0 Å². The highest BCUT2D eigenvalue weighted by Gasteiger charge is 2.00. The van der Waals surface area contributed by atoms with Gasteiger partial charge in [-0.05, 0) is 32.1 Å². The van der Waals surface area contributed by atoms with Crippen molar-refractivity contribution in [3.8, 4) is 0 Å². The lowest BCUT2D eigenvalue weighted by molar-refractivity contribution is 0.262. The molecule has 0 rings (SSSR count). The SMILES string of the molecule is CC/C=C(/C)C[C@H](C)CCO. The second kappa shape index (κ2) is 6.41. The minimum absolute atomic E-state index is 0.320. The van der Waals surface area contributed by atoms with Crippen molar-refractivity contribution in [1.82, 2.24) is 0 Å². The van der Waals surface area contributed by atoms with Gasteiger partial charge in [0, 0.05) is 6.61 Å². The summed E-state index contributed by atoms with van der Waals surface area (Å²) in [7, 11) is 0. The third-order valence-corrected chi connectivity index (χ3v) is 1.84. The van der Waals surface area contributed by atoms with E-state index in [-0.39, 0.29) is 0 Å². The first-order chi connectivity index (χ1) is 5.20. The summed E-state index contributed by atoms with van der Waals surface area (Å²) in [6.45, 7) is 6.82. The van der Waals surface area contributed by atoms with Gasteiger partial charge in [0.1, 0.15) is 0 Å². The minimum Gasteiger partial charge on any atom is -0.396 e. The highest BCUT2D eigenvalue weighted by Crippen LogP contribution is 2.13. The molecule has 1 N–H and O–H groups in total. The third kappa shape index (κ3) is 6.11. The van der Waals surface area contributed by atoms with Gasteiger partial charge in [0.2, 0.25) is 0 Å². The summed E-state index contributed by atoms with van der Waals surface area (Å²) in [6, 6.07) is 0. The van der Waals surface area contributed by atoms with Gasteiger partial charge in [-0.2, -0.15) is 0 Å². The lowest BCUT2D eigenvalue weighted by Gasteiger charge is -2.08. The van der Waals surface area contributed by atoms with E-state index in [1.54, 1.807) is 0 Å². The Morgan fingerprint density at radius 1 is 1.55 bits per heavy atom. The highest BCUT2D eigenvalue weighted by molar-refractivity contribution is 4.98. The maximum Gasteiger partial charge on any atom is 0.0433 e. The Kier molecular flexibility index (Phi) is 6.24. The fourth-order valence-electron chi connectivity index (χ4n) is 1.30. The van der Waals surface area contributed by atoms with Crippen LogP contribution in [0.5, 0.6) is 0 Å². The van der Waals surface area contributed by atoms with Crippen LogP contribution in [0.2, 0.25) is 0 Å². The second-order valence-corrected chi connectivity index (χ2v) is 3.28. The lowest BCUT2D eigenvalue weighted by atomic mass is 9.99. The summed E-state index contributed by atoms with van der Waals surface area (Å²) >= 11 is 0. The van der Waals surface area contributed by atoms with Crippen LogP contribution < -0.4 is 0 Å². The van der Waals surface area contributed by atoms with Gasteiger partial charge in [-0.25, -0.2) is 0 Å². The molecule has 0 aliphatic rings. The summed E-state index contributed by atoms with van der Waals surface area (Å²) in [5.41, 5.74) is 1.45. The van der Waals surface area contributed by atoms with Crippen molar-refractivity contribution in [3.05, 3.63) is 11.6 Å². The molecule has 0 aromatic heterocycles. The van der Waals surface area contributed by atoms with E-state index >= 15 is 0 Å². The molecule has 66 valence electrons. The minimum atomic E-state index is 0.320. The average Bonchev–Trinajstić information content (AvgIpc) is 1.87. The van der Waals surface area contributed by atoms with Gasteiger partial charge < -0.3 is 5.11 Å². The van der Waals surface area contributed by atoms with Crippen LogP contribution in [-0.4, -0.2) is 11.7 Å². The van der Waals surface area contributed by atoms with Crippen LogP contribution in [0, 0.1) is 5.92 Å². The van der Waals surface area contributed by atoms with Crippen LogP contribution in [0.25, 0.3) is 0 Å². The van der Waals surface area contributed by atoms with Gasteiger partial charge in [0.25, 0.3) is 0 Å². The molecule has 0 unspecified atom stereocenters. The summed E-state index contributed by atoms with van der Waals surface area (Å²) < 4.78 is 0.